The molecule has 1 aromatic carbocycles. The molecular formula is C14H18N4. The molecular weight excluding hydrogens is 224 g/mol. The maximum atomic E-state index is 6.12. The van der Waals surface area contributed by atoms with E-state index in [9.17, 15) is 0 Å². The fourth-order valence-electron chi connectivity index (χ4n) is 2.65. The normalized spacial score (nSPS) is 14.6. The Bertz CT molecular complexity index is 519. The van der Waals surface area contributed by atoms with E-state index >= 15 is 0 Å². The van der Waals surface area contributed by atoms with Gasteiger partial charge in [0.15, 0.2) is 0 Å². The van der Waals surface area contributed by atoms with Crippen molar-refractivity contribution in [3.05, 3.63) is 42.2 Å². The second-order valence-corrected chi connectivity index (χ2v) is 4.71. The van der Waals surface area contributed by atoms with E-state index in [1.54, 1.807) is 0 Å². The number of hydrogen-bond acceptors (Lipinski definition) is 3. The van der Waals surface area contributed by atoms with Crippen LogP contribution in [0.2, 0.25) is 0 Å². The van der Waals surface area contributed by atoms with Gasteiger partial charge in [0.25, 0.3) is 0 Å². The van der Waals surface area contributed by atoms with Gasteiger partial charge in [0.05, 0.1) is 17.9 Å². The number of nitrogens with two attached hydrogens (primary N) is 1. The van der Waals surface area contributed by atoms with Crippen molar-refractivity contribution >= 4 is 11.4 Å². The van der Waals surface area contributed by atoms with Gasteiger partial charge in [-0.25, -0.2) is 0 Å². The molecule has 0 aliphatic carbocycles. The maximum Gasteiger partial charge on any atom is 0.0633 e. The second-order valence-electron chi connectivity index (χ2n) is 4.71. The summed E-state index contributed by atoms with van der Waals surface area (Å²) < 4.78 is 1.97. The van der Waals surface area contributed by atoms with Crippen LogP contribution < -0.4 is 10.6 Å². The van der Waals surface area contributed by atoms with Crippen LogP contribution in [0.15, 0.2) is 36.7 Å². The van der Waals surface area contributed by atoms with Crippen LogP contribution in [0.1, 0.15) is 12.0 Å². The SMILES string of the molecule is Nc1cccc2c1N(CCn1cccn1)CCC2. The molecule has 0 saturated carbocycles. The quantitative estimate of drug-likeness (QED) is 0.836. The summed E-state index contributed by atoms with van der Waals surface area (Å²) in [4.78, 5) is 2.38. The van der Waals surface area contributed by atoms with Gasteiger partial charge in [-0.1, -0.05) is 12.1 Å². The van der Waals surface area contributed by atoms with Crippen LogP contribution >= 0.6 is 0 Å². The van der Waals surface area contributed by atoms with E-state index < -0.39 is 0 Å². The Morgan fingerprint density at radius 1 is 1.22 bits per heavy atom. The van der Waals surface area contributed by atoms with Gasteiger partial charge in [0.2, 0.25) is 0 Å². The molecule has 2 heterocycles. The Morgan fingerprint density at radius 2 is 2.17 bits per heavy atom. The number of aryl methyl sites for hydroxylation is 1. The fraction of sp³-hybridized carbons (Fsp3) is 0.357. The van der Waals surface area contributed by atoms with E-state index in [1.807, 2.05) is 35.3 Å². The smallest absolute Gasteiger partial charge is 0.0633 e. The lowest BCUT2D eigenvalue weighted by molar-refractivity contribution is 0.579. The minimum Gasteiger partial charge on any atom is -0.397 e. The van der Waals surface area contributed by atoms with Crippen molar-refractivity contribution in [3.63, 3.8) is 0 Å². The highest BCUT2D eigenvalue weighted by molar-refractivity contribution is 5.72. The van der Waals surface area contributed by atoms with Crippen LogP contribution in [0, 0.1) is 0 Å². The summed E-state index contributed by atoms with van der Waals surface area (Å²) in [5.74, 6) is 0. The van der Waals surface area contributed by atoms with Gasteiger partial charge in [0.1, 0.15) is 0 Å². The summed E-state index contributed by atoms with van der Waals surface area (Å²) in [7, 11) is 0. The van der Waals surface area contributed by atoms with Gasteiger partial charge in [-0.3, -0.25) is 4.68 Å². The molecule has 0 fully saturated rings. The first-order valence-electron chi connectivity index (χ1n) is 6.44. The molecule has 3 rings (SSSR count). The van der Waals surface area contributed by atoms with E-state index in [0.717, 1.165) is 31.7 Å². The lowest BCUT2D eigenvalue weighted by Crippen LogP contribution is -2.33. The molecule has 0 saturated heterocycles. The number of anilines is 2. The molecule has 0 amide bonds. The van der Waals surface area contributed by atoms with Gasteiger partial charge >= 0.3 is 0 Å². The minimum absolute atomic E-state index is 0.896. The Labute approximate surface area is 107 Å². The number of para-hydroxylation sites is 1. The Hall–Kier alpha value is -1.97. The predicted octanol–water partition coefficient (Wildman–Crippen LogP) is 1.92. The summed E-state index contributed by atoms with van der Waals surface area (Å²) in [5.41, 5.74) is 9.62. The predicted molar refractivity (Wildman–Crippen MR) is 73.6 cm³/mol. The van der Waals surface area contributed by atoms with Crippen molar-refractivity contribution in [1.29, 1.82) is 0 Å². The molecule has 4 nitrogen and oxygen atoms in total. The molecule has 1 aliphatic heterocycles. The maximum absolute atomic E-state index is 6.12. The molecule has 0 unspecified atom stereocenters. The summed E-state index contributed by atoms with van der Waals surface area (Å²) in [5, 5.41) is 4.24. The van der Waals surface area contributed by atoms with E-state index in [1.165, 1.54) is 17.7 Å². The van der Waals surface area contributed by atoms with Crippen LogP contribution in [-0.4, -0.2) is 22.9 Å². The molecule has 0 radical (unpaired) electrons. The van der Waals surface area contributed by atoms with E-state index in [-0.39, 0.29) is 0 Å². The summed E-state index contributed by atoms with van der Waals surface area (Å²) in [6.45, 7) is 2.95. The van der Waals surface area contributed by atoms with E-state index in [2.05, 4.69) is 16.1 Å². The molecule has 18 heavy (non-hydrogen) atoms. The average molecular weight is 242 g/mol. The third-order valence-electron chi connectivity index (χ3n) is 3.50. The van der Waals surface area contributed by atoms with Crippen molar-refractivity contribution < 1.29 is 0 Å². The second kappa shape index (κ2) is 4.72. The first-order chi connectivity index (χ1) is 8.84. The fourth-order valence-corrected chi connectivity index (χ4v) is 2.65. The van der Waals surface area contributed by atoms with Gasteiger partial charge in [-0.15, -0.1) is 0 Å². The topological polar surface area (TPSA) is 47.1 Å². The largest absolute Gasteiger partial charge is 0.397 e. The van der Waals surface area contributed by atoms with Crippen molar-refractivity contribution in [3.8, 4) is 0 Å². The van der Waals surface area contributed by atoms with Crippen molar-refractivity contribution in [2.24, 2.45) is 0 Å². The molecule has 0 atom stereocenters. The van der Waals surface area contributed by atoms with Crippen LogP contribution in [0.4, 0.5) is 11.4 Å². The van der Waals surface area contributed by atoms with Crippen molar-refractivity contribution in [2.45, 2.75) is 19.4 Å². The van der Waals surface area contributed by atoms with Gasteiger partial charge in [-0.2, -0.15) is 5.10 Å². The highest BCUT2D eigenvalue weighted by Crippen LogP contribution is 2.32. The van der Waals surface area contributed by atoms with Crippen molar-refractivity contribution in [2.75, 3.05) is 23.7 Å². The standard InChI is InChI=1S/C14H18N4/c15-13-6-1-4-12-5-2-8-17(14(12)13)10-11-18-9-3-7-16-18/h1,3-4,6-7,9H,2,5,8,10-11,15H2. The molecule has 2 N–H and O–H groups in total. The summed E-state index contributed by atoms with van der Waals surface area (Å²) in [6, 6.07) is 8.18. The summed E-state index contributed by atoms with van der Waals surface area (Å²) >= 11 is 0. The number of aromatic nitrogens is 2. The molecule has 1 aliphatic rings. The first-order valence-corrected chi connectivity index (χ1v) is 6.44. The number of fused-ring (bicyclic) bond motifs is 1. The molecule has 94 valence electrons. The van der Waals surface area contributed by atoms with E-state index in [0.29, 0.717) is 0 Å². The number of hydrogen-bond donors (Lipinski definition) is 1. The Kier molecular flexibility index (Phi) is 2.92. The zero-order valence-electron chi connectivity index (χ0n) is 10.4. The van der Waals surface area contributed by atoms with Crippen LogP contribution in [0.3, 0.4) is 0 Å². The number of rotatable bonds is 3. The zero-order valence-corrected chi connectivity index (χ0v) is 10.4. The highest BCUT2D eigenvalue weighted by atomic mass is 15.3. The van der Waals surface area contributed by atoms with Crippen LogP contribution in [0.25, 0.3) is 0 Å². The molecule has 0 bridgehead atoms. The summed E-state index contributed by atoms with van der Waals surface area (Å²) in [6.07, 6.45) is 6.16. The Morgan fingerprint density at radius 3 is 3.00 bits per heavy atom. The molecule has 1 aromatic heterocycles. The highest BCUT2D eigenvalue weighted by Gasteiger charge is 2.18. The van der Waals surface area contributed by atoms with Gasteiger partial charge < -0.3 is 10.6 Å². The number of nitrogens with zero attached hydrogens (tertiary/aromatic N) is 3. The molecule has 4 heteroatoms. The third-order valence-corrected chi connectivity index (χ3v) is 3.50. The molecule has 2 aromatic rings. The lowest BCUT2D eigenvalue weighted by Gasteiger charge is -2.32. The van der Waals surface area contributed by atoms with Crippen molar-refractivity contribution in [1.82, 2.24) is 9.78 Å². The van der Waals surface area contributed by atoms with Gasteiger partial charge in [0, 0.05) is 25.5 Å². The number of nitrogen functional groups attached to an aromatic ring is 1. The molecule has 0 spiro atoms. The average Bonchev–Trinajstić information content (AvgIpc) is 2.89. The first kappa shape index (κ1) is 11.1. The minimum atomic E-state index is 0.896. The van der Waals surface area contributed by atoms with E-state index in [4.69, 9.17) is 5.73 Å². The monoisotopic (exact) mass is 242 g/mol. The third kappa shape index (κ3) is 2.06. The zero-order chi connectivity index (χ0) is 12.4. The Balaban J connectivity index is 1.79. The van der Waals surface area contributed by atoms with Gasteiger partial charge in [-0.05, 0) is 30.5 Å². The van der Waals surface area contributed by atoms with Crippen LogP contribution in [0.5, 0.6) is 0 Å². The van der Waals surface area contributed by atoms with Crippen LogP contribution in [-0.2, 0) is 13.0 Å². The number of benzene rings is 1. The lowest BCUT2D eigenvalue weighted by atomic mass is 10.0.